The zero-order valence-corrected chi connectivity index (χ0v) is 13.6. The van der Waals surface area contributed by atoms with Gasteiger partial charge in [0.1, 0.15) is 5.38 Å². The molecule has 3 aromatic rings. The van der Waals surface area contributed by atoms with Crippen LogP contribution in [0.2, 0.25) is 0 Å². The van der Waals surface area contributed by atoms with Crippen molar-refractivity contribution in [2.45, 2.75) is 12.3 Å². The molecule has 3 nitrogen and oxygen atoms in total. The average Bonchev–Trinajstić information content (AvgIpc) is 3.00. The monoisotopic (exact) mass is 362 g/mol. The molecule has 0 bridgehead atoms. The molecule has 0 N–H and O–H groups in total. The number of aryl methyl sites for hydroxylation is 1. The summed E-state index contributed by atoms with van der Waals surface area (Å²) in [6, 6.07) is 15.6. The number of aromatic nitrogens is 2. The fourth-order valence-electron chi connectivity index (χ4n) is 1.95. The van der Waals surface area contributed by atoms with Gasteiger partial charge in [-0.1, -0.05) is 63.6 Å². The van der Waals surface area contributed by atoms with E-state index in [9.17, 15) is 0 Å². The van der Waals surface area contributed by atoms with Crippen LogP contribution in [0.5, 0.6) is 0 Å². The molecule has 1 atom stereocenters. The number of rotatable bonds is 3. The van der Waals surface area contributed by atoms with Gasteiger partial charge in [-0.25, -0.2) is 0 Å². The molecule has 1 heterocycles. The lowest BCUT2D eigenvalue weighted by atomic mass is 10.1. The molecule has 0 aliphatic rings. The van der Waals surface area contributed by atoms with Gasteiger partial charge in [-0.15, -0.1) is 11.6 Å². The van der Waals surface area contributed by atoms with Crippen LogP contribution in [-0.4, -0.2) is 10.1 Å². The smallest absolute Gasteiger partial charge is 0.249 e. The highest BCUT2D eigenvalue weighted by Gasteiger charge is 2.19. The van der Waals surface area contributed by atoms with E-state index in [-0.39, 0.29) is 0 Å². The van der Waals surface area contributed by atoms with Gasteiger partial charge >= 0.3 is 0 Å². The fraction of sp³-hybridized carbons (Fsp3) is 0.125. The molecular formula is C16H12BrClN2O. The van der Waals surface area contributed by atoms with Gasteiger partial charge in [-0.05, 0) is 24.1 Å². The van der Waals surface area contributed by atoms with E-state index < -0.39 is 5.38 Å². The maximum absolute atomic E-state index is 6.38. The van der Waals surface area contributed by atoms with Gasteiger partial charge in [0.2, 0.25) is 11.7 Å². The lowest BCUT2D eigenvalue weighted by Crippen LogP contribution is -1.93. The Balaban J connectivity index is 1.91. The van der Waals surface area contributed by atoms with Crippen LogP contribution in [0.1, 0.15) is 22.4 Å². The summed E-state index contributed by atoms with van der Waals surface area (Å²) in [6.45, 7) is 2.03. The van der Waals surface area contributed by atoms with Crippen LogP contribution in [0.15, 0.2) is 57.5 Å². The van der Waals surface area contributed by atoms with Gasteiger partial charge in [0, 0.05) is 10.0 Å². The Hall–Kier alpha value is -1.65. The first-order valence-electron chi connectivity index (χ1n) is 6.44. The third-order valence-corrected chi connectivity index (χ3v) is 4.47. The van der Waals surface area contributed by atoms with Crippen molar-refractivity contribution in [3.05, 3.63) is 70.0 Å². The van der Waals surface area contributed by atoms with Crippen LogP contribution in [0.4, 0.5) is 0 Å². The summed E-state index contributed by atoms with van der Waals surface area (Å²) in [5.74, 6) is 0.932. The van der Waals surface area contributed by atoms with Crippen molar-refractivity contribution < 1.29 is 4.52 Å². The van der Waals surface area contributed by atoms with Crippen LogP contribution >= 0.6 is 27.5 Å². The third kappa shape index (κ3) is 3.01. The molecule has 0 fully saturated rings. The van der Waals surface area contributed by atoms with Crippen molar-refractivity contribution in [1.29, 1.82) is 0 Å². The number of nitrogens with zero attached hydrogens (tertiary/aromatic N) is 2. The normalized spacial score (nSPS) is 12.3. The van der Waals surface area contributed by atoms with Crippen molar-refractivity contribution in [3.63, 3.8) is 0 Å². The van der Waals surface area contributed by atoms with Gasteiger partial charge in [0.15, 0.2) is 0 Å². The molecule has 5 heteroatoms. The third-order valence-electron chi connectivity index (χ3n) is 3.18. The molecular weight excluding hydrogens is 352 g/mol. The standard InChI is InChI=1S/C16H12BrClN2O/c1-10-7-8-12(9-13(10)17)15-19-16(21-20-15)14(18)11-5-3-2-4-6-11/h2-9,14H,1H3. The van der Waals surface area contributed by atoms with E-state index in [1.165, 1.54) is 0 Å². The molecule has 106 valence electrons. The van der Waals surface area contributed by atoms with Crippen molar-refractivity contribution in [1.82, 2.24) is 10.1 Å². The quantitative estimate of drug-likeness (QED) is 0.605. The van der Waals surface area contributed by atoms with E-state index in [0.717, 1.165) is 21.2 Å². The Morgan fingerprint density at radius 2 is 1.90 bits per heavy atom. The highest BCUT2D eigenvalue weighted by atomic mass is 79.9. The van der Waals surface area contributed by atoms with E-state index >= 15 is 0 Å². The molecule has 1 unspecified atom stereocenters. The topological polar surface area (TPSA) is 38.9 Å². The maximum Gasteiger partial charge on any atom is 0.249 e. The molecule has 21 heavy (non-hydrogen) atoms. The lowest BCUT2D eigenvalue weighted by Gasteiger charge is -2.03. The van der Waals surface area contributed by atoms with E-state index in [0.29, 0.717) is 11.7 Å². The second kappa shape index (κ2) is 6.00. The second-order valence-electron chi connectivity index (χ2n) is 4.69. The first kappa shape index (κ1) is 14.3. The van der Waals surface area contributed by atoms with Gasteiger partial charge in [0.05, 0.1) is 0 Å². The van der Waals surface area contributed by atoms with Crippen LogP contribution in [0, 0.1) is 6.92 Å². The summed E-state index contributed by atoms with van der Waals surface area (Å²) in [5, 5.41) is 3.57. The average molecular weight is 364 g/mol. The molecule has 0 spiro atoms. The van der Waals surface area contributed by atoms with Crippen molar-refractivity contribution in [2.24, 2.45) is 0 Å². The van der Waals surface area contributed by atoms with E-state index in [1.54, 1.807) is 0 Å². The van der Waals surface area contributed by atoms with Crippen molar-refractivity contribution in [2.75, 3.05) is 0 Å². The molecule has 0 aliphatic heterocycles. The zero-order chi connectivity index (χ0) is 14.8. The van der Waals surface area contributed by atoms with Crippen LogP contribution in [-0.2, 0) is 0 Å². The van der Waals surface area contributed by atoms with Crippen molar-refractivity contribution >= 4 is 27.5 Å². The number of benzene rings is 2. The first-order valence-corrected chi connectivity index (χ1v) is 7.67. The summed E-state index contributed by atoms with van der Waals surface area (Å²) in [7, 11) is 0. The Labute approximate surface area is 136 Å². The molecule has 0 saturated heterocycles. The zero-order valence-electron chi connectivity index (χ0n) is 11.3. The summed E-state index contributed by atoms with van der Waals surface area (Å²) in [6.07, 6.45) is 0. The summed E-state index contributed by atoms with van der Waals surface area (Å²) >= 11 is 9.89. The molecule has 0 radical (unpaired) electrons. The number of hydrogen-bond acceptors (Lipinski definition) is 3. The Morgan fingerprint density at radius 1 is 1.14 bits per heavy atom. The number of halogens is 2. The highest BCUT2D eigenvalue weighted by molar-refractivity contribution is 9.10. The lowest BCUT2D eigenvalue weighted by molar-refractivity contribution is 0.383. The van der Waals surface area contributed by atoms with Crippen molar-refractivity contribution in [3.8, 4) is 11.4 Å². The first-order chi connectivity index (χ1) is 10.1. The largest absolute Gasteiger partial charge is 0.337 e. The molecule has 0 saturated carbocycles. The number of alkyl halides is 1. The van der Waals surface area contributed by atoms with E-state index in [2.05, 4.69) is 26.1 Å². The minimum absolute atomic E-state index is 0.398. The molecule has 0 aliphatic carbocycles. The summed E-state index contributed by atoms with van der Waals surface area (Å²) in [5.41, 5.74) is 2.97. The summed E-state index contributed by atoms with van der Waals surface area (Å²) in [4.78, 5) is 4.40. The highest BCUT2D eigenvalue weighted by Crippen LogP contribution is 2.30. The Morgan fingerprint density at radius 3 is 2.62 bits per heavy atom. The fourth-order valence-corrected chi connectivity index (χ4v) is 2.56. The van der Waals surface area contributed by atoms with Crippen LogP contribution in [0.25, 0.3) is 11.4 Å². The minimum atomic E-state index is -0.443. The van der Waals surface area contributed by atoms with Gasteiger partial charge in [-0.3, -0.25) is 0 Å². The molecule has 0 amide bonds. The van der Waals surface area contributed by atoms with Gasteiger partial charge < -0.3 is 4.52 Å². The molecule has 2 aromatic carbocycles. The van der Waals surface area contributed by atoms with E-state index in [1.807, 2.05) is 55.5 Å². The van der Waals surface area contributed by atoms with Gasteiger partial charge in [0.25, 0.3) is 0 Å². The Kier molecular flexibility index (Phi) is 4.08. The summed E-state index contributed by atoms with van der Waals surface area (Å²) < 4.78 is 6.31. The molecule has 1 aromatic heterocycles. The molecule has 3 rings (SSSR count). The predicted molar refractivity (Wildman–Crippen MR) is 86.3 cm³/mol. The van der Waals surface area contributed by atoms with Crippen LogP contribution in [0.3, 0.4) is 0 Å². The minimum Gasteiger partial charge on any atom is -0.337 e. The van der Waals surface area contributed by atoms with Crippen LogP contribution < -0.4 is 0 Å². The second-order valence-corrected chi connectivity index (χ2v) is 5.98. The predicted octanol–water partition coefficient (Wildman–Crippen LogP) is 5.14. The van der Waals surface area contributed by atoms with Gasteiger partial charge in [-0.2, -0.15) is 4.98 Å². The SMILES string of the molecule is Cc1ccc(-c2noc(C(Cl)c3ccccc3)n2)cc1Br. The Bertz CT molecular complexity index is 758. The maximum atomic E-state index is 6.38. The number of hydrogen-bond donors (Lipinski definition) is 0. The van der Waals surface area contributed by atoms with E-state index in [4.69, 9.17) is 16.1 Å².